The average molecular weight is 369 g/mol. The summed E-state index contributed by atoms with van der Waals surface area (Å²) in [5.74, 6) is 0.276. The SMILES string of the molecule is CC(=O)N(c1ccc(C)cc1)c1nc(/C=C\C(=O)C2CCCCC2)cs1. The monoisotopic (exact) mass is 368 g/mol. The average Bonchev–Trinajstić information content (AvgIpc) is 3.10. The third kappa shape index (κ3) is 4.47. The van der Waals surface area contributed by atoms with Gasteiger partial charge in [0.25, 0.3) is 0 Å². The minimum Gasteiger partial charge on any atom is -0.295 e. The Kier molecular flexibility index (Phi) is 5.99. The molecule has 0 N–H and O–H groups in total. The summed E-state index contributed by atoms with van der Waals surface area (Å²) in [5.41, 5.74) is 2.65. The zero-order valence-electron chi connectivity index (χ0n) is 15.3. The van der Waals surface area contributed by atoms with E-state index in [1.54, 1.807) is 17.1 Å². The number of carbonyl (C=O) groups is 2. The Morgan fingerprint density at radius 1 is 1.15 bits per heavy atom. The Bertz CT molecular complexity index is 802. The van der Waals surface area contributed by atoms with E-state index in [0.29, 0.717) is 10.8 Å². The van der Waals surface area contributed by atoms with Crippen molar-refractivity contribution in [3.05, 3.63) is 47.0 Å². The van der Waals surface area contributed by atoms with Crippen molar-refractivity contribution in [3.8, 4) is 0 Å². The van der Waals surface area contributed by atoms with Crippen molar-refractivity contribution in [1.82, 2.24) is 4.98 Å². The summed E-state index contributed by atoms with van der Waals surface area (Å²) in [6.45, 7) is 3.54. The first-order valence-electron chi connectivity index (χ1n) is 9.09. The van der Waals surface area contributed by atoms with E-state index < -0.39 is 0 Å². The molecule has 0 unspecified atom stereocenters. The van der Waals surface area contributed by atoms with Crippen LogP contribution in [0.1, 0.15) is 50.3 Å². The van der Waals surface area contributed by atoms with Gasteiger partial charge in [-0.1, -0.05) is 37.0 Å². The third-order valence-electron chi connectivity index (χ3n) is 4.73. The van der Waals surface area contributed by atoms with Crippen LogP contribution in [-0.4, -0.2) is 16.7 Å². The van der Waals surface area contributed by atoms with Crippen molar-refractivity contribution in [2.24, 2.45) is 5.92 Å². The number of rotatable bonds is 5. The van der Waals surface area contributed by atoms with E-state index in [1.807, 2.05) is 36.6 Å². The molecule has 4 nitrogen and oxygen atoms in total. The van der Waals surface area contributed by atoms with Crippen LogP contribution in [0.25, 0.3) is 6.08 Å². The number of thiazole rings is 1. The van der Waals surface area contributed by atoms with E-state index in [2.05, 4.69) is 4.98 Å². The molecule has 26 heavy (non-hydrogen) atoms. The van der Waals surface area contributed by atoms with Crippen molar-refractivity contribution in [3.63, 3.8) is 0 Å². The smallest absolute Gasteiger partial charge is 0.230 e. The molecule has 1 fully saturated rings. The van der Waals surface area contributed by atoms with Crippen LogP contribution in [-0.2, 0) is 9.59 Å². The van der Waals surface area contributed by atoms with Crippen molar-refractivity contribution in [1.29, 1.82) is 0 Å². The van der Waals surface area contributed by atoms with Crippen molar-refractivity contribution >= 4 is 39.9 Å². The molecule has 0 bridgehead atoms. The van der Waals surface area contributed by atoms with Crippen molar-refractivity contribution < 1.29 is 9.59 Å². The fraction of sp³-hybridized carbons (Fsp3) is 0.381. The first kappa shape index (κ1) is 18.5. The van der Waals surface area contributed by atoms with Gasteiger partial charge in [0, 0.05) is 18.2 Å². The highest BCUT2D eigenvalue weighted by atomic mass is 32.1. The number of nitrogens with zero attached hydrogens (tertiary/aromatic N) is 2. The molecule has 0 spiro atoms. The number of allylic oxidation sites excluding steroid dienone is 1. The number of amides is 1. The van der Waals surface area contributed by atoms with E-state index in [1.165, 1.54) is 24.7 Å². The number of anilines is 2. The van der Waals surface area contributed by atoms with Crippen LogP contribution in [0.4, 0.5) is 10.8 Å². The molecule has 1 aromatic heterocycles. The second-order valence-corrected chi connectivity index (χ2v) is 7.65. The zero-order chi connectivity index (χ0) is 18.5. The Morgan fingerprint density at radius 3 is 2.50 bits per heavy atom. The molecule has 0 atom stereocenters. The first-order chi connectivity index (χ1) is 12.5. The molecule has 1 heterocycles. The summed E-state index contributed by atoms with van der Waals surface area (Å²) in [7, 11) is 0. The number of hydrogen-bond donors (Lipinski definition) is 0. The zero-order valence-corrected chi connectivity index (χ0v) is 16.1. The van der Waals surface area contributed by atoms with Crippen LogP contribution in [0.15, 0.2) is 35.7 Å². The molecule has 0 saturated heterocycles. The molecule has 1 aromatic carbocycles. The summed E-state index contributed by atoms with van der Waals surface area (Å²) in [6.07, 6.45) is 8.95. The van der Waals surface area contributed by atoms with Crippen LogP contribution in [0.2, 0.25) is 0 Å². The van der Waals surface area contributed by atoms with Gasteiger partial charge in [0.2, 0.25) is 5.91 Å². The summed E-state index contributed by atoms with van der Waals surface area (Å²) >= 11 is 1.40. The highest BCUT2D eigenvalue weighted by Crippen LogP contribution is 2.30. The predicted octanol–water partition coefficient (Wildman–Crippen LogP) is 5.30. The second kappa shape index (κ2) is 8.41. The van der Waals surface area contributed by atoms with Crippen LogP contribution < -0.4 is 4.90 Å². The van der Waals surface area contributed by atoms with Gasteiger partial charge >= 0.3 is 0 Å². The van der Waals surface area contributed by atoms with E-state index >= 15 is 0 Å². The van der Waals surface area contributed by atoms with E-state index in [-0.39, 0.29) is 17.6 Å². The van der Waals surface area contributed by atoms with Crippen molar-refractivity contribution in [2.45, 2.75) is 46.0 Å². The third-order valence-corrected chi connectivity index (χ3v) is 5.58. The normalized spacial score (nSPS) is 15.3. The van der Waals surface area contributed by atoms with Crippen LogP contribution in [0.5, 0.6) is 0 Å². The number of ketones is 1. The number of aryl methyl sites for hydroxylation is 1. The molecule has 3 rings (SSSR count). The first-order valence-corrected chi connectivity index (χ1v) is 9.97. The summed E-state index contributed by atoms with van der Waals surface area (Å²) < 4.78 is 0. The molecule has 5 heteroatoms. The van der Waals surface area contributed by atoms with Crippen LogP contribution in [0, 0.1) is 12.8 Å². The maximum Gasteiger partial charge on any atom is 0.230 e. The quantitative estimate of drug-likeness (QED) is 0.673. The number of aromatic nitrogens is 1. The molecule has 0 aliphatic heterocycles. The van der Waals surface area contributed by atoms with Gasteiger partial charge < -0.3 is 0 Å². The highest BCUT2D eigenvalue weighted by molar-refractivity contribution is 7.14. The molecule has 136 valence electrons. The maximum atomic E-state index is 12.3. The highest BCUT2D eigenvalue weighted by Gasteiger charge is 2.20. The molecule has 1 aliphatic rings. The van der Waals surface area contributed by atoms with Gasteiger partial charge in [0.05, 0.1) is 11.4 Å². The molecule has 1 saturated carbocycles. The summed E-state index contributed by atoms with van der Waals surface area (Å²) in [5, 5.41) is 2.50. The summed E-state index contributed by atoms with van der Waals surface area (Å²) in [4.78, 5) is 30.6. The lowest BCUT2D eigenvalue weighted by atomic mass is 9.86. The minimum absolute atomic E-state index is 0.0861. The van der Waals surface area contributed by atoms with Gasteiger partial charge in [-0.15, -0.1) is 11.3 Å². The molecule has 1 aliphatic carbocycles. The lowest BCUT2D eigenvalue weighted by Crippen LogP contribution is -2.22. The number of hydrogen-bond acceptors (Lipinski definition) is 4. The van der Waals surface area contributed by atoms with E-state index in [0.717, 1.165) is 36.9 Å². The maximum absolute atomic E-state index is 12.3. The van der Waals surface area contributed by atoms with Crippen molar-refractivity contribution in [2.75, 3.05) is 4.90 Å². The fourth-order valence-corrected chi connectivity index (χ4v) is 4.12. The molecular formula is C21H24N2O2S. The Balaban J connectivity index is 1.74. The molecule has 1 amide bonds. The second-order valence-electron chi connectivity index (χ2n) is 6.82. The Morgan fingerprint density at radius 2 is 1.85 bits per heavy atom. The van der Waals surface area contributed by atoms with Gasteiger partial charge in [-0.05, 0) is 44.1 Å². The molecule has 0 radical (unpaired) electrons. The number of benzene rings is 1. The Labute approximate surface area is 158 Å². The van der Waals surface area contributed by atoms with Gasteiger partial charge in [-0.2, -0.15) is 0 Å². The number of carbonyl (C=O) groups excluding carboxylic acids is 2. The van der Waals surface area contributed by atoms with Crippen LogP contribution >= 0.6 is 11.3 Å². The molecular weight excluding hydrogens is 344 g/mol. The summed E-state index contributed by atoms with van der Waals surface area (Å²) in [6, 6.07) is 7.78. The standard InChI is InChI=1S/C21H24N2O2S/c1-15-8-11-19(12-9-15)23(16(2)24)21-22-18(14-26-21)10-13-20(25)17-6-4-3-5-7-17/h8-14,17H,3-7H2,1-2H3/b13-10-. The van der Waals surface area contributed by atoms with E-state index in [9.17, 15) is 9.59 Å². The van der Waals surface area contributed by atoms with Gasteiger partial charge in [-0.25, -0.2) is 4.98 Å². The Hall–Kier alpha value is -2.27. The van der Waals surface area contributed by atoms with Gasteiger partial charge in [0.15, 0.2) is 10.9 Å². The van der Waals surface area contributed by atoms with Crippen LogP contribution in [0.3, 0.4) is 0 Å². The van der Waals surface area contributed by atoms with Gasteiger partial charge in [-0.3, -0.25) is 14.5 Å². The molecule has 2 aromatic rings. The lowest BCUT2D eigenvalue weighted by molar-refractivity contribution is -0.119. The largest absolute Gasteiger partial charge is 0.295 e. The fourth-order valence-electron chi connectivity index (χ4n) is 3.27. The van der Waals surface area contributed by atoms with E-state index in [4.69, 9.17) is 0 Å². The topological polar surface area (TPSA) is 50.3 Å². The minimum atomic E-state index is -0.0861. The predicted molar refractivity (Wildman–Crippen MR) is 107 cm³/mol. The lowest BCUT2D eigenvalue weighted by Gasteiger charge is -2.18. The van der Waals surface area contributed by atoms with Gasteiger partial charge in [0.1, 0.15) is 0 Å².